The number of nitrogens with zero attached hydrogens (tertiary/aromatic N) is 3. The average molecular weight is 248 g/mol. The molecule has 0 aliphatic heterocycles. The van der Waals surface area contributed by atoms with Gasteiger partial charge in [-0.1, -0.05) is 6.07 Å². The van der Waals surface area contributed by atoms with Crippen LogP contribution in [0.3, 0.4) is 0 Å². The second kappa shape index (κ2) is 5.75. The Labute approximate surface area is 105 Å². The van der Waals surface area contributed by atoms with Crippen molar-refractivity contribution in [3.8, 4) is 0 Å². The molecule has 0 spiro atoms. The molecular formula is C12H16N4S. The molecule has 0 unspecified atom stereocenters. The van der Waals surface area contributed by atoms with E-state index in [0.29, 0.717) is 6.54 Å². The van der Waals surface area contributed by atoms with E-state index in [9.17, 15) is 0 Å². The molecule has 2 N–H and O–H groups in total. The fraction of sp³-hybridized carbons (Fsp3) is 0.333. The lowest BCUT2D eigenvalue weighted by Crippen LogP contribution is -2.18. The Morgan fingerprint density at radius 2 is 2.29 bits per heavy atom. The normalized spacial score (nSPS) is 10.5. The first-order valence-electron chi connectivity index (χ1n) is 5.55. The highest BCUT2D eigenvalue weighted by Crippen LogP contribution is 2.15. The van der Waals surface area contributed by atoms with Gasteiger partial charge in [0.1, 0.15) is 11.6 Å². The van der Waals surface area contributed by atoms with Gasteiger partial charge in [0.05, 0.1) is 6.54 Å². The van der Waals surface area contributed by atoms with Crippen LogP contribution in [0.15, 0.2) is 29.8 Å². The molecule has 0 saturated carbocycles. The lowest BCUT2D eigenvalue weighted by molar-refractivity contribution is 0.836. The molecule has 0 aliphatic carbocycles. The molecule has 2 rings (SSSR count). The maximum absolute atomic E-state index is 5.50. The summed E-state index contributed by atoms with van der Waals surface area (Å²) in [7, 11) is 2.04. The van der Waals surface area contributed by atoms with Gasteiger partial charge in [-0.2, -0.15) is 0 Å². The highest BCUT2D eigenvalue weighted by molar-refractivity contribution is 7.09. The third-order valence-corrected chi connectivity index (χ3v) is 3.28. The molecule has 0 radical (unpaired) electrons. The number of thiophene rings is 1. The van der Waals surface area contributed by atoms with Gasteiger partial charge < -0.3 is 10.6 Å². The molecule has 0 aliphatic rings. The van der Waals surface area contributed by atoms with E-state index in [-0.39, 0.29) is 0 Å². The van der Waals surface area contributed by atoms with Crippen LogP contribution in [0.1, 0.15) is 10.7 Å². The summed E-state index contributed by atoms with van der Waals surface area (Å²) in [6, 6.07) is 6.12. The zero-order valence-corrected chi connectivity index (χ0v) is 10.7. The summed E-state index contributed by atoms with van der Waals surface area (Å²) in [6.07, 6.45) is 2.51. The fourth-order valence-electron chi connectivity index (χ4n) is 1.57. The van der Waals surface area contributed by atoms with E-state index in [1.54, 1.807) is 17.5 Å². The molecule has 17 heavy (non-hydrogen) atoms. The first-order chi connectivity index (χ1) is 8.29. The van der Waals surface area contributed by atoms with Crippen LogP contribution in [0.2, 0.25) is 0 Å². The van der Waals surface area contributed by atoms with Crippen LogP contribution in [0.25, 0.3) is 0 Å². The maximum Gasteiger partial charge on any atom is 0.132 e. The van der Waals surface area contributed by atoms with Gasteiger partial charge in [0.2, 0.25) is 0 Å². The number of anilines is 1. The molecule has 2 heterocycles. The van der Waals surface area contributed by atoms with Crippen molar-refractivity contribution in [2.75, 3.05) is 18.5 Å². The molecule has 90 valence electrons. The van der Waals surface area contributed by atoms with Gasteiger partial charge in [0.25, 0.3) is 0 Å². The molecule has 0 amide bonds. The Morgan fingerprint density at radius 3 is 3.00 bits per heavy atom. The van der Waals surface area contributed by atoms with E-state index in [1.165, 1.54) is 4.88 Å². The maximum atomic E-state index is 5.50. The van der Waals surface area contributed by atoms with Gasteiger partial charge in [0, 0.05) is 24.5 Å². The van der Waals surface area contributed by atoms with Crippen molar-refractivity contribution in [3.05, 3.63) is 40.5 Å². The highest BCUT2D eigenvalue weighted by atomic mass is 32.1. The van der Waals surface area contributed by atoms with Gasteiger partial charge in [-0.3, -0.25) is 0 Å². The standard InChI is InChI=1S/C12H16N4S/c1-16(9-10-3-2-8-17-10)12-5-7-14-11(15-12)4-6-13/h2-3,5,7-8H,4,6,9,13H2,1H3. The summed E-state index contributed by atoms with van der Waals surface area (Å²) in [5.41, 5.74) is 5.50. The van der Waals surface area contributed by atoms with E-state index in [0.717, 1.165) is 24.6 Å². The quantitative estimate of drug-likeness (QED) is 0.874. The number of aromatic nitrogens is 2. The Balaban J connectivity index is 2.07. The van der Waals surface area contributed by atoms with E-state index >= 15 is 0 Å². The minimum Gasteiger partial charge on any atom is -0.354 e. The Morgan fingerprint density at radius 1 is 1.41 bits per heavy atom. The second-order valence-electron chi connectivity index (χ2n) is 3.81. The minimum absolute atomic E-state index is 0.581. The molecule has 0 aromatic carbocycles. The molecular weight excluding hydrogens is 232 g/mol. The van der Waals surface area contributed by atoms with E-state index < -0.39 is 0 Å². The third-order valence-electron chi connectivity index (χ3n) is 2.42. The molecule has 0 atom stereocenters. The Hall–Kier alpha value is -1.46. The predicted octanol–water partition coefficient (Wildman–Crippen LogP) is 1.68. The van der Waals surface area contributed by atoms with Crippen LogP contribution in [-0.4, -0.2) is 23.6 Å². The second-order valence-corrected chi connectivity index (χ2v) is 4.84. The largest absolute Gasteiger partial charge is 0.354 e. The topological polar surface area (TPSA) is 55.0 Å². The third kappa shape index (κ3) is 3.25. The lowest BCUT2D eigenvalue weighted by atomic mass is 10.4. The van der Waals surface area contributed by atoms with Crippen LogP contribution in [-0.2, 0) is 13.0 Å². The molecule has 2 aromatic heterocycles. The molecule has 4 nitrogen and oxygen atoms in total. The predicted molar refractivity (Wildman–Crippen MR) is 71.2 cm³/mol. The average Bonchev–Trinajstić information content (AvgIpc) is 2.83. The molecule has 2 aromatic rings. The van der Waals surface area contributed by atoms with Crippen molar-refractivity contribution in [1.82, 2.24) is 9.97 Å². The van der Waals surface area contributed by atoms with Gasteiger partial charge >= 0.3 is 0 Å². The van der Waals surface area contributed by atoms with Gasteiger partial charge in [-0.15, -0.1) is 11.3 Å². The van der Waals surface area contributed by atoms with Crippen LogP contribution in [0, 0.1) is 0 Å². The summed E-state index contributed by atoms with van der Waals surface area (Å²) >= 11 is 1.76. The molecule has 5 heteroatoms. The number of nitrogens with two attached hydrogens (primary N) is 1. The number of hydrogen-bond donors (Lipinski definition) is 1. The fourth-order valence-corrected chi connectivity index (χ4v) is 2.33. The van der Waals surface area contributed by atoms with Crippen molar-refractivity contribution in [2.45, 2.75) is 13.0 Å². The SMILES string of the molecule is CN(Cc1cccs1)c1ccnc(CCN)n1. The van der Waals surface area contributed by atoms with Crippen LogP contribution in [0.4, 0.5) is 5.82 Å². The summed E-state index contributed by atoms with van der Waals surface area (Å²) in [6.45, 7) is 1.45. The van der Waals surface area contributed by atoms with E-state index in [2.05, 4.69) is 32.4 Å². The van der Waals surface area contributed by atoms with Gasteiger partial charge in [-0.05, 0) is 24.1 Å². The minimum atomic E-state index is 0.581. The monoisotopic (exact) mass is 248 g/mol. The summed E-state index contributed by atoms with van der Waals surface area (Å²) in [5, 5.41) is 2.09. The van der Waals surface area contributed by atoms with E-state index in [4.69, 9.17) is 5.73 Å². The van der Waals surface area contributed by atoms with Gasteiger partial charge in [-0.25, -0.2) is 9.97 Å². The summed E-state index contributed by atoms with van der Waals surface area (Å²) < 4.78 is 0. The van der Waals surface area contributed by atoms with Crippen molar-refractivity contribution < 1.29 is 0 Å². The first-order valence-corrected chi connectivity index (χ1v) is 6.43. The summed E-state index contributed by atoms with van der Waals surface area (Å²) in [5.74, 6) is 1.75. The molecule has 0 saturated heterocycles. The van der Waals surface area contributed by atoms with Crippen molar-refractivity contribution in [3.63, 3.8) is 0 Å². The first kappa shape index (κ1) is 12.0. The summed E-state index contributed by atoms with van der Waals surface area (Å²) in [4.78, 5) is 12.1. The van der Waals surface area contributed by atoms with Crippen molar-refractivity contribution >= 4 is 17.2 Å². The zero-order valence-electron chi connectivity index (χ0n) is 9.84. The van der Waals surface area contributed by atoms with Gasteiger partial charge in [0.15, 0.2) is 0 Å². The number of hydrogen-bond acceptors (Lipinski definition) is 5. The molecule has 0 fully saturated rings. The van der Waals surface area contributed by atoms with Crippen LogP contribution < -0.4 is 10.6 Å². The smallest absolute Gasteiger partial charge is 0.132 e. The zero-order chi connectivity index (χ0) is 12.1. The van der Waals surface area contributed by atoms with Crippen LogP contribution >= 0.6 is 11.3 Å². The molecule has 0 bridgehead atoms. The van der Waals surface area contributed by atoms with Crippen molar-refractivity contribution in [1.29, 1.82) is 0 Å². The van der Waals surface area contributed by atoms with Crippen LogP contribution in [0.5, 0.6) is 0 Å². The lowest BCUT2D eigenvalue weighted by Gasteiger charge is -2.17. The number of rotatable bonds is 5. The van der Waals surface area contributed by atoms with Crippen molar-refractivity contribution in [2.24, 2.45) is 5.73 Å². The Bertz CT molecular complexity index is 455. The highest BCUT2D eigenvalue weighted by Gasteiger charge is 2.05. The Kier molecular flexibility index (Phi) is 4.06. The van der Waals surface area contributed by atoms with E-state index in [1.807, 2.05) is 13.1 Å².